The van der Waals surface area contributed by atoms with E-state index in [2.05, 4.69) is 16.6 Å². The Kier molecular flexibility index (Phi) is 5.54. The summed E-state index contributed by atoms with van der Waals surface area (Å²) in [5.74, 6) is -0.159. The summed E-state index contributed by atoms with van der Waals surface area (Å²) < 4.78 is 0. The van der Waals surface area contributed by atoms with Gasteiger partial charge in [-0.15, -0.1) is 12.3 Å². The third-order valence-corrected chi connectivity index (χ3v) is 4.72. The standard InChI is InChI=1S/C20H19N3O5/c1-2-3-4-5-9-15(24)21-13-8-6-7-12-17(13)20(28)23(19(12)27)14-10-11-16(25)22-18(14)26/h1,6-8,14H,3-5,9-11H2,(H,21,24)(H,22,25,26). The summed E-state index contributed by atoms with van der Waals surface area (Å²) in [6.45, 7) is 0. The van der Waals surface area contributed by atoms with Crippen molar-refractivity contribution in [3.8, 4) is 12.3 Å². The molecule has 0 radical (unpaired) electrons. The van der Waals surface area contributed by atoms with E-state index in [1.54, 1.807) is 6.07 Å². The van der Waals surface area contributed by atoms with Crippen LogP contribution in [0.1, 0.15) is 59.2 Å². The number of rotatable bonds is 6. The molecule has 28 heavy (non-hydrogen) atoms. The van der Waals surface area contributed by atoms with Crippen molar-refractivity contribution < 1.29 is 24.0 Å². The maximum atomic E-state index is 12.9. The fourth-order valence-electron chi connectivity index (χ4n) is 3.34. The molecule has 0 aromatic heterocycles. The highest BCUT2D eigenvalue weighted by Crippen LogP contribution is 2.32. The minimum Gasteiger partial charge on any atom is -0.325 e. The van der Waals surface area contributed by atoms with Gasteiger partial charge in [-0.3, -0.25) is 34.2 Å². The van der Waals surface area contributed by atoms with Gasteiger partial charge in [-0.1, -0.05) is 6.07 Å². The molecular formula is C20H19N3O5. The number of piperidine rings is 1. The maximum absolute atomic E-state index is 12.9. The van der Waals surface area contributed by atoms with Gasteiger partial charge >= 0.3 is 0 Å². The molecule has 2 aliphatic rings. The number of amides is 5. The van der Waals surface area contributed by atoms with Crippen LogP contribution in [-0.4, -0.2) is 40.5 Å². The molecule has 1 unspecified atom stereocenters. The molecule has 1 aromatic rings. The lowest BCUT2D eigenvalue weighted by molar-refractivity contribution is -0.136. The van der Waals surface area contributed by atoms with Crippen LogP contribution in [0.2, 0.25) is 0 Å². The van der Waals surface area contributed by atoms with Crippen LogP contribution in [0.25, 0.3) is 0 Å². The van der Waals surface area contributed by atoms with Crippen molar-refractivity contribution >= 4 is 35.2 Å². The van der Waals surface area contributed by atoms with E-state index < -0.39 is 29.7 Å². The van der Waals surface area contributed by atoms with Gasteiger partial charge in [0.1, 0.15) is 6.04 Å². The average molecular weight is 381 g/mol. The molecule has 144 valence electrons. The van der Waals surface area contributed by atoms with Gasteiger partial charge in [0.15, 0.2) is 0 Å². The number of nitrogens with one attached hydrogen (secondary N) is 2. The number of nitrogens with zero attached hydrogens (tertiary/aromatic N) is 1. The van der Waals surface area contributed by atoms with Gasteiger partial charge in [0.05, 0.1) is 16.8 Å². The summed E-state index contributed by atoms with van der Waals surface area (Å²) in [6.07, 6.45) is 7.46. The molecule has 0 saturated carbocycles. The quantitative estimate of drug-likeness (QED) is 0.437. The van der Waals surface area contributed by atoms with Crippen molar-refractivity contribution in [1.29, 1.82) is 0 Å². The Morgan fingerprint density at radius 2 is 2.00 bits per heavy atom. The summed E-state index contributed by atoms with van der Waals surface area (Å²) >= 11 is 0. The number of fused-ring (bicyclic) bond motifs is 1. The predicted octanol–water partition coefficient (Wildman–Crippen LogP) is 1.22. The summed E-state index contributed by atoms with van der Waals surface area (Å²) in [5, 5.41) is 4.81. The first-order valence-electron chi connectivity index (χ1n) is 9.02. The van der Waals surface area contributed by atoms with Crippen LogP contribution < -0.4 is 10.6 Å². The van der Waals surface area contributed by atoms with Crippen molar-refractivity contribution in [3.05, 3.63) is 29.3 Å². The number of hydrogen-bond donors (Lipinski definition) is 2. The maximum Gasteiger partial charge on any atom is 0.264 e. The molecule has 1 aromatic carbocycles. The fraction of sp³-hybridized carbons (Fsp3) is 0.350. The average Bonchev–Trinajstić information content (AvgIpc) is 2.91. The second-order valence-corrected chi connectivity index (χ2v) is 6.63. The Balaban J connectivity index is 1.79. The van der Waals surface area contributed by atoms with E-state index >= 15 is 0 Å². The molecule has 1 fully saturated rings. The van der Waals surface area contributed by atoms with E-state index in [1.165, 1.54) is 12.1 Å². The Bertz CT molecular complexity index is 915. The topological polar surface area (TPSA) is 113 Å². The van der Waals surface area contributed by atoms with Crippen LogP contribution in [0.5, 0.6) is 0 Å². The van der Waals surface area contributed by atoms with E-state index in [9.17, 15) is 24.0 Å². The van der Waals surface area contributed by atoms with Gasteiger partial charge in [0.2, 0.25) is 17.7 Å². The van der Waals surface area contributed by atoms with Crippen molar-refractivity contribution in [2.45, 2.75) is 44.6 Å². The minimum absolute atomic E-state index is 0.0467. The molecule has 8 heteroatoms. The van der Waals surface area contributed by atoms with E-state index in [-0.39, 0.29) is 42.0 Å². The Labute approximate surface area is 161 Å². The molecule has 3 rings (SSSR count). The van der Waals surface area contributed by atoms with Gasteiger partial charge in [-0.2, -0.15) is 0 Å². The van der Waals surface area contributed by atoms with Crippen molar-refractivity contribution in [2.75, 3.05) is 5.32 Å². The molecule has 2 aliphatic heterocycles. The van der Waals surface area contributed by atoms with Gasteiger partial charge in [0, 0.05) is 19.3 Å². The number of anilines is 1. The number of terminal acetylenes is 1. The molecule has 1 saturated heterocycles. The zero-order valence-corrected chi connectivity index (χ0v) is 15.1. The lowest BCUT2D eigenvalue weighted by atomic mass is 10.0. The largest absolute Gasteiger partial charge is 0.325 e. The number of carbonyl (C=O) groups excluding carboxylic acids is 5. The summed E-state index contributed by atoms with van der Waals surface area (Å²) in [4.78, 5) is 62.1. The predicted molar refractivity (Wildman–Crippen MR) is 99.0 cm³/mol. The van der Waals surface area contributed by atoms with Crippen molar-refractivity contribution in [3.63, 3.8) is 0 Å². The number of unbranched alkanes of at least 4 members (excludes halogenated alkanes) is 2. The molecule has 8 nitrogen and oxygen atoms in total. The molecule has 0 bridgehead atoms. The molecule has 2 heterocycles. The van der Waals surface area contributed by atoms with E-state index in [1.807, 2.05) is 0 Å². The zero-order chi connectivity index (χ0) is 20.3. The lowest BCUT2D eigenvalue weighted by Crippen LogP contribution is -2.54. The number of hydrogen-bond acceptors (Lipinski definition) is 5. The number of carbonyl (C=O) groups is 5. The molecular weight excluding hydrogens is 362 g/mol. The molecule has 2 N–H and O–H groups in total. The summed E-state index contributed by atoms with van der Waals surface area (Å²) in [5.41, 5.74) is 0.418. The van der Waals surface area contributed by atoms with E-state index in [0.29, 0.717) is 12.8 Å². The van der Waals surface area contributed by atoms with Gasteiger partial charge < -0.3 is 5.32 Å². The highest BCUT2D eigenvalue weighted by Gasteiger charge is 2.45. The van der Waals surface area contributed by atoms with Crippen LogP contribution in [-0.2, 0) is 14.4 Å². The second kappa shape index (κ2) is 8.05. The number of benzene rings is 1. The highest BCUT2D eigenvalue weighted by atomic mass is 16.2. The molecule has 5 amide bonds. The van der Waals surface area contributed by atoms with Crippen LogP contribution in [0, 0.1) is 12.3 Å². The fourth-order valence-corrected chi connectivity index (χ4v) is 3.34. The lowest BCUT2D eigenvalue weighted by Gasteiger charge is -2.27. The Hall–Kier alpha value is -3.47. The highest BCUT2D eigenvalue weighted by molar-refractivity contribution is 6.26. The van der Waals surface area contributed by atoms with E-state index in [0.717, 1.165) is 11.3 Å². The van der Waals surface area contributed by atoms with Crippen LogP contribution in [0.3, 0.4) is 0 Å². The zero-order valence-electron chi connectivity index (χ0n) is 15.1. The summed E-state index contributed by atoms with van der Waals surface area (Å²) in [7, 11) is 0. The van der Waals surface area contributed by atoms with Crippen LogP contribution in [0.15, 0.2) is 18.2 Å². The number of imide groups is 2. The minimum atomic E-state index is -1.04. The third-order valence-electron chi connectivity index (χ3n) is 4.72. The molecule has 0 spiro atoms. The summed E-state index contributed by atoms with van der Waals surface area (Å²) in [6, 6.07) is 3.53. The van der Waals surface area contributed by atoms with Crippen molar-refractivity contribution in [1.82, 2.24) is 10.2 Å². The first-order valence-corrected chi connectivity index (χ1v) is 9.02. The SMILES string of the molecule is C#CCCCCC(=O)Nc1cccc2c1C(=O)N(C1CCC(=O)NC1=O)C2=O. The second-order valence-electron chi connectivity index (χ2n) is 6.63. The van der Waals surface area contributed by atoms with Crippen LogP contribution in [0.4, 0.5) is 5.69 Å². The Morgan fingerprint density at radius 3 is 2.71 bits per heavy atom. The monoisotopic (exact) mass is 381 g/mol. The third kappa shape index (κ3) is 3.64. The molecule has 1 atom stereocenters. The van der Waals surface area contributed by atoms with Gasteiger partial charge in [-0.25, -0.2) is 0 Å². The van der Waals surface area contributed by atoms with Gasteiger partial charge in [0.25, 0.3) is 11.8 Å². The normalized spacial score (nSPS) is 18.5. The van der Waals surface area contributed by atoms with Gasteiger partial charge in [-0.05, 0) is 31.4 Å². The van der Waals surface area contributed by atoms with Crippen LogP contribution >= 0.6 is 0 Å². The van der Waals surface area contributed by atoms with E-state index in [4.69, 9.17) is 6.42 Å². The first-order chi connectivity index (χ1) is 13.4. The van der Waals surface area contributed by atoms with Crippen molar-refractivity contribution in [2.24, 2.45) is 0 Å². The Morgan fingerprint density at radius 1 is 1.21 bits per heavy atom. The smallest absolute Gasteiger partial charge is 0.264 e. The molecule has 0 aliphatic carbocycles. The first kappa shape index (κ1) is 19.3.